The minimum atomic E-state index is 0.0696. The van der Waals surface area contributed by atoms with Gasteiger partial charge in [0.2, 0.25) is 0 Å². The molecule has 0 heterocycles. The highest BCUT2D eigenvalue weighted by Gasteiger charge is 2.30. The van der Waals surface area contributed by atoms with Gasteiger partial charge in [0, 0.05) is 0 Å². The van der Waals surface area contributed by atoms with Crippen LogP contribution in [0.25, 0.3) is 11.1 Å². The molecule has 0 radical (unpaired) electrons. The number of aryl methyl sites for hydroxylation is 2. The van der Waals surface area contributed by atoms with Crippen LogP contribution in [0, 0.1) is 24.7 Å². The zero-order valence-corrected chi connectivity index (χ0v) is 16.6. The number of benzene rings is 2. The Kier molecular flexibility index (Phi) is 5.08. The fourth-order valence-electron chi connectivity index (χ4n) is 3.51. The van der Waals surface area contributed by atoms with Gasteiger partial charge in [0.15, 0.2) is 0 Å². The van der Waals surface area contributed by atoms with E-state index in [0.717, 1.165) is 0 Å². The average molecular weight is 321 g/mol. The number of rotatable bonds is 2. The summed E-state index contributed by atoms with van der Waals surface area (Å²) in [7, 11) is 0. The standard InChI is InChI=1S/C24H32/c1-17-11-9-13-19(15-17)21(23(3,4)5)22(24(6,7)8)20-14-10-12-18(2)16-20/h9-16H,1-8H3/b22-21+. The van der Waals surface area contributed by atoms with Gasteiger partial charge in [-0.15, -0.1) is 0 Å². The molecule has 2 aromatic rings. The molecule has 0 aliphatic heterocycles. The highest BCUT2D eigenvalue weighted by molar-refractivity contribution is 5.95. The molecule has 0 nitrogen and oxygen atoms in total. The Labute approximate surface area is 148 Å². The molecular formula is C24H32. The molecule has 24 heavy (non-hydrogen) atoms. The SMILES string of the molecule is Cc1cccc(/C(=C(/c2cccc(C)c2)C(C)(C)C)C(C)(C)C)c1. The summed E-state index contributed by atoms with van der Waals surface area (Å²) in [6.07, 6.45) is 0. The lowest BCUT2D eigenvalue weighted by Gasteiger charge is -2.34. The first kappa shape index (κ1) is 18.5. The Morgan fingerprint density at radius 3 is 1.17 bits per heavy atom. The monoisotopic (exact) mass is 320 g/mol. The smallest absolute Gasteiger partial charge is 0.0123 e. The molecule has 0 spiro atoms. The van der Waals surface area contributed by atoms with Crippen molar-refractivity contribution < 1.29 is 0 Å². The number of hydrogen-bond donors (Lipinski definition) is 0. The molecular weight excluding hydrogens is 288 g/mol. The zero-order valence-electron chi connectivity index (χ0n) is 16.6. The molecule has 0 fully saturated rings. The molecule has 2 rings (SSSR count). The van der Waals surface area contributed by atoms with Gasteiger partial charge in [-0.25, -0.2) is 0 Å². The molecule has 0 aliphatic rings. The van der Waals surface area contributed by atoms with Gasteiger partial charge in [-0.3, -0.25) is 0 Å². The lowest BCUT2D eigenvalue weighted by Crippen LogP contribution is -2.18. The highest BCUT2D eigenvalue weighted by Crippen LogP contribution is 2.47. The number of hydrogen-bond acceptors (Lipinski definition) is 0. The number of allylic oxidation sites excluding steroid dienone is 2. The Balaban J connectivity index is 2.90. The van der Waals surface area contributed by atoms with E-state index in [9.17, 15) is 0 Å². The van der Waals surface area contributed by atoms with Crippen LogP contribution < -0.4 is 0 Å². The molecule has 0 saturated heterocycles. The third kappa shape index (κ3) is 4.17. The topological polar surface area (TPSA) is 0 Å². The van der Waals surface area contributed by atoms with Gasteiger partial charge < -0.3 is 0 Å². The molecule has 0 bridgehead atoms. The summed E-state index contributed by atoms with van der Waals surface area (Å²) >= 11 is 0. The van der Waals surface area contributed by atoms with Crippen LogP contribution in [0.1, 0.15) is 63.8 Å². The van der Waals surface area contributed by atoms with Crippen LogP contribution in [-0.4, -0.2) is 0 Å². The molecule has 0 saturated carbocycles. The van der Waals surface area contributed by atoms with Crippen LogP contribution in [0.5, 0.6) is 0 Å². The molecule has 0 unspecified atom stereocenters. The first-order valence-electron chi connectivity index (χ1n) is 8.89. The van der Waals surface area contributed by atoms with E-state index in [1.165, 1.54) is 33.4 Å². The second kappa shape index (κ2) is 6.59. The van der Waals surface area contributed by atoms with E-state index in [2.05, 4.69) is 104 Å². The highest BCUT2D eigenvalue weighted by atomic mass is 14.3. The summed E-state index contributed by atoms with van der Waals surface area (Å²) in [6.45, 7) is 18.3. The third-order valence-corrected chi connectivity index (χ3v) is 4.36. The molecule has 0 N–H and O–H groups in total. The van der Waals surface area contributed by atoms with Crippen molar-refractivity contribution in [3.05, 3.63) is 70.8 Å². The van der Waals surface area contributed by atoms with Crippen molar-refractivity contribution in [2.45, 2.75) is 55.4 Å². The van der Waals surface area contributed by atoms with Crippen molar-refractivity contribution in [3.63, 3.8) is 0 Å². The van der Waals surface area contributed by atoms with Gasteiger partial charge in [-0.05, 0) is 47.0 Å². The maximum atomic E-state index is 2.33. The fraction of sp³-hybridized carbons (Fsp3) is 0.417. The Bertz CT molecular complexity index is 681. The van der Waals surface area contributed by atoms with Gasteiger partial charge >= 0.3 is 0 Å². The van der Waals surface area contributed by atoms with E-state index in [4.69, 9.17) is 0 Å². The average Bonchev–Trinajstić information content (AvgIpc) is 2.41. The van der Waals surface area contributed by atoms with Crippen molar-refractivity contribution in [1.82, 2.24) is 0 Å². The van der Waals surface area contributed by atoms with Gasteiger partial charge in [0.1, 0.15) is 0 Å². The maximum absolute atomic E-state index is 2.33. The van der Waals surface area contributed by atoms with Crippen LogP contribution in [-0.2, 0) is 0 Å². The maximum Gasteiger partial charge on any atom is -0.0123 e. The van der Waals surface area contributed by atoms with Crippen molar-refractivity contribution in [2.75, 3.05) is 0 Å². The molecule has 2 aromatic carbocycles. The fourth-order valence-corrected chi connectivity index (χ4v) is 3.51. The molecule has 0 aromatic heterocycles. The summed E-state index contributed by atoms with van der Waals surface area (Å²) in [5.41, 5.74) is 8.34. The van der Waals surface area contributed by atoms with E-state index in [1.807, 2.05) is 0 Å². The van der Waals surface area contributed by atoms with E-state index >= 15 is 0 Å². The lowest BCUT2D eigenvalue weighted by molar-refractivity contribution is 0.534. The summed E-state index contributed by atoms with van der Waals surface area (Å²) in [4.78, 5) is 0. The van der Waals surface area contributed by atoms with Crippen molar-refractivity contribution in [2.24, 2.45) is 10.8 Å². The summed E-state index contributed by atoms with van der Waals surface area (Å²) in [5, 5.41) is 0. The van der Waals surface area contributed by atoms with E-state index in [0.29, 0.717) is 0 Å². The zero-order chi connectivity index (χ0) is 18.1. The van der Waals surface area contributed by atoms with Crippen LogP contribution in [0.15, 0.2) is 48.5 Å². The Morgan fingerprint density at radius 1 is 0.583 bits per heavy atom. The molecule has 0 heteroatoms. The molecule has 0 aliphatic carbocycles. The Morgan fingerprint density at radius 2 is 0.917 bits per heavy atom. The van der Waals surface area contributed by atoms with Crippen molar-refractivity contribution in [1.29, 1.82) is 0 Å². The second-order valence-electron chi connectivity index (χ2n) is 8.99. The van der Waals surface area contributed by atoms with Gasteiger partial charge in [0.25, 0.3) is 0 Å². The minimum absolute atomic E-state index is 0.0696. The van der Waals surface area contributed by atoms with E-state index in [1.54, 1.807) is 0 Å². The predicted octanol–water partition coefficient (Wildman–Crippen LogP) is 7.31. The summed E-state index contributed by atoms with van der Waals surface area (Å²) in [5.74, 6) is 0. The Hall–Kier alpha value is -1.82. The molecule has 0 amide bonds. The summed E-state index contributed by atoms with van der Waals surface area (Å²) in [6, 6.07) is 17.9. The normalized spacial score (nSPS) is 13.7. The molecule has 128 valence electrons. The van der Waals surface area contributed by atoms with Crippen LogP contribution in [0.4, 0.5) is 0 Å². The van der Waals surface area contributed by atoms with Gasteiger partial charge in [0.05, 0.1) is 0 Å². The summed E-state index contributed by atoms with van der Waals surface area (Å²) < 4.78 is 0. The van der Waals surface area contributed by atoms with Gasteiger partial charge in [-0.2, -0.15) is 0 Å². The van der Waals surface area contributed by atoms with Crippen LogP contribution in [0.3, 0.4) is 0 Å². The minimum Gasteiger partial charge on any atom is -0.0614 e. The second-order valence-corrected chi connectivity index (χ2v) is 8.99. The van der Waals surface area contributed by atoms with Crippen molar-refractivity contribution >= 4 is 11.1 Å². The predicted molar refractivity (Wildman–Crippen MR) is 108 cm³/mol. The van der Waals surface area contributed by atoms with Crippen LogP contribution >= 0.6 is 0 Å². The quantitative estimate of drug-likeness (QED) is 0.509. The lowest BCUT2D eigenvalue weighted by atomic mass is 9.70. The first-order chi connectivity index (χ1) is 11.0. The third-order valence-electron chi connectivity index (χ3n) is 4.36. The van der Waals surface area contributed by atoms with E-state index in [-0.39, 0.29) is 10.8 Å². The van der Waals surface area contributed by atoms with E-state index < -0.39 is 0 Å². The van der Waals surface area contributed by atoms with Crippen LogP contribution in [0.2, 0.25) is 0 Å². The van der Waals surface area contributed by atoms with Gasteiger partial charge in [-0.1, -0.05) is 101 Å². The first-order valence-corrected chi connectivity index (χ1v) is 8.89. The van der Waals surface area contributed by atoms with Crippen molar-refractivity contribution in [3.8, 4) is 0 Å². The largest absolute Gasteiger partial charge is 0.0614 e. The molecule has 0 atom stereocenters.